The first-order valence-electron chi connectivity index (χ1n) is 7.55. The Balaban J connectivity index is 2.11. The molecule has 20 heavy (non-hydrogen) atoms. The molecule has 3 atom stereocenters. The molecule has 0 radical (unpaired) electrons. The van der Waals surface area contributed by atoms with Crippen LogP contribution in [0.15, 0.2) is 18.2 Å². The van der Waals surface area contributed by atoms with Gasteiger partial charge in [-0.25, -0.2) is 0 Å². The van der Waals surface area contributed by atoms with Crippen LogP contribution in [0.4, 0.5) is 0 Å². The fourth-order valence-electron chi connectivity index (χ4n) is 2.88. The van der Waals surface area contributed by atoms with E-state index in [1.54, 1.807) is 0 Å². The normalized spacial score (nSPS) is 22.4. The van der Waals surface area contributed by atoms with Gasteiger partial charge in [0.2, 0.25) is 0 Å². The number of aliphatic carboxylic acids is 1. The van der Waals surface area contributed by atoms with E-state index >= 15 is 0 Å². The summed E-state index contributed by atoms with van der Waals surface area (Å²) in [5.74, 6) is 0.862. The number of carboxylic acids is 1. The van der Waals surface area contributed by atoms with Gasteiger partial charge in [0.05, 0.1) is 12.5 Å². The lowest BCUT2D eigenvalue weighted by molar-refractivity contribution is -0.138. The molecule has 1 aromatic carbocycles. The zero-order valence-electron chi connectivity index (χ0n) is 12.6. The Morgan fingerprint density at radius 3 is 2.75 bits per heavy atom. The van der Waals surface area contributed by atoms with E-state index in [4.69, 9.17) is 9.84 Å². The van der Waals surface area contributed by atoms with Crippen LogP contribution in [0.5, 0.6) is 5.75 Å². The highest BCUT2D eigenvalue weighted by Gasteiger charge is 2.43. The summed E-state index contributed by atoms with van der Waals surface area (Å²) in [4.78, 5) is 10.9. The summed E-state index contributed by atoms with van der Waals surface area (Å²) in [5.41, 5.74) is 2.53. The van der Waals surface area contributed by atoms with Crippen LogP contribution in [0.2, 0.25) is 0 Å². The maximum absolute atomic E-state index is 10.9. The quantitative estimate of drug-likeness (QED) is 0.822. The maximum atomic E-state index is 10.9. The third-order valence-electron chi connectivity index (χ3n) is 4.21. The van der Waals surface area contributed by atoms with Crippen LogP contribution in [0.1, 0.15) is 50.7 Å². The Bertz CT molecular complexity index is 481. The summed E-state index contributed by atoms with van der Waals surface area (Å²) in [5, 5.41) is 9.00. The minimum absolute atomic E-state index is 0.123. The number of carbonyl (C=O) groups is 1. The number of rotatable bonds is 7. The van der Waals surface area contributed by atoms with Crippen molar-refractivity contribution in [2.24, 2.45) is 11.8 Å². The molecule has 0 bridgehead atoms. The number of benzene rings is 1. The molecule has 0 aromatic heterocycles. The molecule has 0 spiro atoms. The van der Waals surface area contributed by atoms with Gasteiger partial charge >= 0.3 is 5.97 Å². The van der Waals surface area contributed by atoms with Crippen molar-refractivity contribution in [1.29, 1.82) is 0 Å². The molecule has 1 aliphatic rings. The highest BCUT2D eigenvalue weighted by Crippen LogP contribution is 2.46. The Kier molecular flexibility index (Phi) is 4.69. The predicted octanol–water partition coefficient (Wildman–Crippen LogP) is 3.86. The highest BCUT2D eigenvalue weighted by atomic mass is 16.5. The fourth-order valence-corrected chi connectivity index (χ4v) is 2.88. The van der Waals surface area contributed by atoms with Crippen molar-refractivity contribution in [3.8, 4) is 5.75 Å². The lowest BCUT2D eigenvalue weighted by atomic mass is 9.92. The zero-order valence-corrected chi connectivity index (χ0v) is 12.6. The molecular formula is C17H24O3. The molecule has 2 rings (SSSR count). The van der Waals surface area contributed by atoms with Crippen LogP contribution < -0.4 is 4.74 Å². The highest BCUT2D eigenvalue weighted by molar-refractivity contribution is 5.73. The van der Waals surface area contributed by atoms with Crippen LogP contribution in [-0.2, 0) is 11.2 Å². The maximum Gasteiger partial charge on any atom is 0.306 e. The average Bonchev–Trinajstić information content (AvgIpc) is 3.19. The number of hydrogen-bond acceptors (Lipinski definition) is 2. The first-order valence-corrected chi connectivity index (χ1v) is 7.55. The Hall–Kier alpha value is -1.51. The summed E-state index contributed by atoms with van der Waals surface area (Å²) in [6, 6.07) is 6.38. The van der Waals surface area contributed by atoms with E-state index in [1.165, 1.54) is 11.1 Å². The molecular weight excluding hydrogens is 252 g/mol. The van der Waals surface area contributed by atoms with Gasteiger partial charge < -0.3 is 9.84 Å². The summed E-state index contributed by atoms with van der Waals surface area (Å²) in [6.07, 6.45) is 2.77. The van der Waals surface area contributed by atoms with Crippen molar-refractivity contribution in [3.05, 3.63) is 29.3 Å². The summed E-state index contributed by atoms with van der Waals surface area (Å²) < 4.78 is 5.72. The Morgan fingerprint density at radius 1 is 1.45 bits per heavy atom. The van der Waals surface area contributed by atoms with E-state index in [-0.39, 0.29) is 5.92 Å². The van der Waals surface area contributed by atoms with Crippen molar-refractivity contribution < 1.29 is 14.6 Å². The van der Waals surface area contributed by atoms with Crippen LogP contribution in [0.25, 0.3) is 0 Å². The van der Waals surface area contributed by atoms with E-state index in [1.807, 2.05) is 6.92 Å². The minimum Gasteiger partial charge on any atom is -0.494 e. The van der Waals surface area contributed by atoms with E-state index in [0.717, 1.165) is 25.0 Å². The number of ether oxygens (including phenoxy) is 1. The van der Waals surface area contributed by atoms with Gasteiger partial charge in [-0.3, -0.25) is 4.79 Å². The summed E-state index contributed by atoms with van der Waals surface area (Å²) in [7, 11) is 0. The molecule has 3 unspecified atom stereocenters. The minimum atomic E-state index is -0.644. The van der Waals surface area contributed by atoms with E-state index in [2.05, 4.69) is 32.0 Å². The number of carboxylic acid groups (broad SMARTS) is 1. The van der Waals surface area contributed by atoms with Crippen LogP contribution in [-0.4, -0.2) is 17.7 Å². The van der Waals surface area contributed by atoms with Crippen molar-refractivity contribution >= 4 is 5.97 Å². The zero-order chi connectivity index (χ0) is 14.7. The molecule has 110 valence electrons. The van der Waals surface area contributed by atoms with Crippen molar-refractivity contribution in [3.63, 3.8) is 0 Å². The third-order valence-corrected chi connectivity index (χ3v) is 4.21. The average molecular weight is 276 g/mol. The van der Waals surface area contributed by atoms with Gasteiger partial charge in [-0.15, -0.1) is 0 Å². The molecule has 1 aliphatic carbocycles. The lowest BCUT2D eigenvalue weighted by Gasteiger charge is -2.17. The smallest absolute Gasteiger partial charge is 0.306 e. The molecule has 0 saturated heterocycles. The molecule has 1 aromatic rings. The first kappa shape index (κ1) is 14.9. The van der Waals surface area contributed by atoms with Gasteiger partial charge in [0.25, 0.3) is 0 Å². The van der Waals surface area contributed by atoms with Gasteiger partial charge in [0.1, 0.15) is 5.75 Å². The fraction of sp³-hybridized carbons (Fsp3) is 0.588. The van der Waals surface area contributed by atoms with E-state index < -0.39 is 5.97 Å². The second kappa shape index (κ2) is 6.29. The number of aryl methyl sites for hydroxylation is 1. The molecule has 0 amide bonds. The first-order chi connectivity index (χ1) is 9.56. The van der Waals surface area contributed by atoms with Crippen molar-refractivity contribution in [1.82, 2.24) is 0 Å². The summed E-state index contributed by atoms with van der Waals surface area (Å²) >= 11 is 0. The van der Waals surface area contributed by atoms with Crippen molar-refractivity contribution in [2.45, 2.75) is 46.0 Å². The molecule has 1 saturated carbocycles. The molecule has 3 heteroatoms. The van der Waals surface area contributed by atoms with Gasteiger partial charge in [0, 0.05) is 0 Å². The lowest BCUT2D eigenvalue weighted by Crippen LogP contribution is -2.05. The topological polar surface area (TPSA) is 46.5 Å². The van der Waals surface area contributed by atoms with E-state index in [0.29, 0.717) is 18.4 Å². The molecule has 3 nitrogen and oxygen atoms in total. The predicted molar refractivity (Wildman–Crippen MR) is 79.3 cm³/mol. The Morgan fingerprint density at radius 2 is 2.20 bits per heavy atom. The molecule has 0 heterocycles. The van der Waals surface area contributed by atoms with Gasteiger partial charge in [-0.1, -0.05) is 26.0 Å². The van der Waals surface area contributed by atoms with Gasteiger partial charge in [-0.05, 0) is 55.2 Å². The van der Waals surface area contributed by atoms with E-state index in [9.17, 15) is 4.79 Å². The van der Waals surface area contributed by atoms with Gasteiger partial charge in [0.15, 0.2) is 0 Å². The molecule has 0 aliphatic heterocycles. The summed E-state index contributed by atoms with van der Waals surface area (Å²) in [6.45, 7) is 6.97. The van der Waals surface area contributed by atoms with Crippen LogP contribution >= 0.6 is 0 Å². The molecule has 1 fully saturated rings. The number of hydrogen-bond donors (Lipinski definition) is 1. The van der Waals surface area contributed by atoms with Crippen LogP contribution in [0, 0.1) is 11.8 Å². The monoisotopic (exact) mass is 276 g/mol. The van der Waals surface area contributed by atoms with Gasteiger partial charge in [-0.2, -0.15) is 0 Å². The molecule has 1 N–H and O–H groups in total. The standard InChI is InChI=1S/C17H24O3/c1-4-12-6-7-16(20-5-2)14(9-12)11(3)8-13-10-15(13)17(18)19/h6-7,9,11,13,15H,4-5,8,10H2,1-3H3,(H,18,19). The Labute approximate surface area is 121 Å². The largest absolute Gasteiger partial charge is 0.494 e. The second-order valence-corrected chi connectivity index (χ2v) is 5.74. The SMILES string of the molecule is CCOc1ccc(CC)cc1C(C)CC1CC1C(=O)O. The van der Waals surface area contributed by atoms with Crippen molar-refractivity contribution in [2.75, 3.05) is 6.61 Å². The van der Waals surface area contributed by atoms with Crippen LogP contribution in [0.3, 0.4) is 0 Å². The second-order valence-electron chi connectivity index (χ2n) is 5.74. The third kappa shape index (κ3) is 3.33.